The SMILES string of the molecule is Cn1c(CNCc2ccc(C#N)cc2)cc(=O)n(C)c1=O. The van der Waals surface area contributed by atoms with Crippen molar-refractivity contribution in [2.24, 2.45) is 14.1 Å². The first kappa shape index (κ1) is 14.8. The number of nitrogens with zero attached hydrogens (tertiary/aromatic N) is 3. The zero-order valence-electron chi connectivity index (χ0n) is 12.0. The van der Waals surface area contributed by atoms with Gasteiger partial charge < -0.3 is 5.32 Å². The van der Waals surface area contributed by atoms with E-state index in [4.69, 9.17) is 5.26 Å². The lowest BCUT2D eigenvalue weighted by Gasteiger charge is -2.10. The third-order valence-corrected chi connectivity index (χ3v) is 3.34. The summed E-state index contributed by atoms with van der Waals surface area (Å²) in [6, 6.07) is 10.8. The number of rotatable bonds is 4. The third-order valence-electron chi connectivity index (χ3n) is 3.34. The van der Waals surface area contributed by atoms with Gasteiger partial charge in [-0.15, -0.1) is 0 Å². The molecule has 1 aromatic heterocycles. The molecular weight excluding hydrogens is 268 g/mol. The number of hydrogen-bond acceptors (Lipinski definition) is 4. The second-order valence-electron chi connectivity index (χ2n) is 4.79. The Balaban J connectivity index is 2.05. The summed E-state index contributed by atoms with van der Waals surface area (Å²) in [7, 11) is 3.10. The summed E-state index contributed by atoms with van der Waals surface area (Å²) in [6.45, 7) is 1.01. The topological polar surface area (TPSA) is 79.8 Å². The van der Waals surface area contributed by atoms with Crippen LogP contribution in [0.15, 0.2) is 39.9 Å². The zero-order valence-corrected chi connectivity index (χ0v) is 12.0. The fourth-order valence-corrected chi connectivity index (χ4v) is 1.98. The Hall–Kier alpha value is -2.65. The van der Waals surface area contributed by atoms with E-state index in [1.54, 1.807) is 19.2 Å². The van der Waals surface area contributed by atoms with Gasteiger partial charge in [0.2, 0.25) is 0 Å². The highest BCUT2D eigenvalue weighted by molar-refractivity contribution is 5.31. The van der Waals surface area contributed by atoms with Gasteiger partial charge in [0.1, 0.15) is 0 Å². The molecule has 6 heteroatoms. The van der Waals surface area contributed by atoms with E-state index in [-0.39, 0.29) is 11.2 Å². The van der Waals surface area contributed by atoms with Crippen molar-refractivity contribution in [2.75, 3.05) is 0 Å². The lowest BCUT2D eigenvalue weighted by molar-refractivity contribution is 0.601. The Kier molecular flexibility index (Phi) is 4.36. The highest BCUT2D eigenvalue weighted by Crippen LogP contribution is 2.03. The van der Waals surface area contributed by atoms with Crippen LogP contribution in [0.5, 0.6) is 0 Å². The minimum atomic E-state index is -0.335. The summed E-state index contributed by atoms with van der Waals surface area (Å²) in [5.41, 5.74) is 1.64. The summed E-state index contributed by atoms with van der Waals surface area (Å²) in [4.78, 5) is 23.4. The second-order valence-corrected chi connectivity index (χ2v) is 4.79. The molecule has 1 heterocycles. The van der Waals surface area contributed by atoms with Gasteiger partial charge in [-0.05, 0) is 17.7 Å². The molecule has 0 saturated heterocycles. The van der Waals surface area contributed by atoms with Crippen LogP contribution >= 0.6 is 0 Å². The maximum absolute atomic E-state index is 11.8. The van der Waals surface area contributed by atoms with Crippen molar-refractivity contribution >= 4 is 0 Å². The van der Waals surface area contributed by atoms with Crippen molar-refractivity contribution < 1.29 is 0 Å². The fraction of sp³-hybridized carbons (Fsp3) is 0.267. The van der Waals surface area contributed by atoms with Gasteiger partial charge in [-0.25, -0.2) is 4.79 Å². The minimum absolute atomic E-state index is 0.312. The molecule has 0 aliphatic heterocycles. The van der Waals surface area contributed by atoms with Crippen LogP contribution < -0.4 is 16.6 Å². The molecule has 0 atom stereocenters. The monoisotopic (exact) mass is 284 g/mol. The first-order valence-electron chi connectivity index (χ1n) is 6.48. The smallest absolute Gasteiger partial charge is 0.307 e. The second kappa shape index (κ2) is 6.20. The first-order valence-corrected chi connectivity index (χ1v) is 6.48. The summed E-state index contributed by atoms with van der Waals surface area (Å²) in [6.07, 6.45) is 0. The number of nitriles is 1. The van der Waals surface area contributed by atoms with E-state index in [2.05, 4.69) is 11.4 Å². The zero-order chi connectivity index (χ0) is 15.4. The molecule has 21 heavy (non-hydrogen) atoms. The summed E-state index contributed by atoms with van der Waals surface area (Å²) in [5, 5.41) is 11.9. The Labute approximate surface area is 121 Å². The van der Waals surface area contributed by atoms with E-state index < -0.39 is 0 Å². The molecule has 0 amide bonds. The van der Waals surface area contributed by atoms with Gasteiger partial charge in [0.05, 0.1) is 11.6 Å². The van der Waals surface area contributed by atoms with Crippen LogP contribution in [0.1, 0.15) is 16.8 Å². The van der Waals surface area contributed by atoms with Gasteiger partial charge in [-0.3, -0.25) is 13.9 Å². The van der Waals surface area contributed by atoms with Crippen LogP contribution in [0.25, 0.3) is 0 Å². The van der Waals surface area contributed by atoms with Crippen molar-refractivity contribution in [1.29, 1.82) is 5.26 Å². The minimum Gasteiger partial charge on any atom is -0.307 e. The van der Waals surface area contributed by atoms with Gasteiger partial charge in [-0.1, -0.05) is 12.1 Å². The van der Waals surface area contributed by atoms with Crippen molar-refractivity contribution in [3.63, 3.8) is 0 Å². The quantitative estimate of drug-likeness (QED) is 0.872. The maximum atomic E-state index is 11.8. The lowest BCUT2D eigenvalue weighted by atomic mass is 10.1. The summed E-state index contributed by atoms with van der Waals surface area (Å²) < 4.78 is 2.53. The van der Waals surface area contributed by atoms with E-state index in [1.165, 1.54) is 17.7 Å². The molecule has 6 nitrogen and oxygen atoms in total. The Bertz CT molecular complexity index is 794. The number of nitrogens with one attached hydrogen (secondary N) is 1. The van der Waals surface area contributed by atoms with Crippen molar-refractivity contribution in [3.8, 4) is 6.07 Å². The van der Waals surface area contributed by atoms with Crippen LogP contribution in [0.2, 0.25) is 0 Å². The number of aromatic nitrogens is 2. The van der Waals surface area contributed by atoms with E-state index >= 15 is 0 Å². The highest BCUT2D eigenvalue weighted by Gasteiger charge is 2.05. The molecule has 0 radical (unpaired) electrons. The maximum Gasteiger partial charge on any atom is 0.330 e. The molecule has 0 aliphatic rings. The molecule has 0 aliphatic carbocycles. The van der Waals surface area contributed by atoms with Crippen LogP contribution in [0.4, 0.5) is 0 Å². The van der Waals surface area contributed by atoms with E-state index in [1.807, 2.05) is 12.1 Å². The average Bonchev–Trinajstić information content (AvgIpc) is 2.51. The largest absolute Gasteiger partial charge is 0.330 e. The average molecular weight is 284 g/mol. The lowest BCUT2D eigenvalue weighted by Crippen LogP contribution is -2.38. The normalized spacial score (nSPS) is 10.3. The van der Waals surface area contributed by atoms with Crippen LogP contribution in [-0.4, -0.2) is 9.13 Å². The fourth-order valence-electron chi connectivity index (χ4n) is 1.98. The van der Waals surface area contributed by atoms with Crippen molar-refractivity contribution in [3.05, 3.63) is 68.0 Å². The Morgan fingerprint density at radius 3 is 2.38 bits per heavy atom. The van der Waals surface area contributed by atoms with Crippen LogP contribution in [-0.2, 0) is 27.2 Å². The highest BCUT2D eigenvalue weighted by atomic mass is 16.2. The van der Waals surface area contributed by atoms with E-state index in [9.17, 15) is 9.59 Å². The third kappa shape index (κ3) is 3.27. The number of benzene rings is 1. The van der Waals surface area contributed by atoms with E-state index in [0.29, 0.717) is 24.3 Å². The van der Waals surface area contributed by atoms with Gasteiger partial charge in [0.25, 0.3) is 5.56 Å². The van der Waals surface area contributed by atoms with Gasteiger partial charge in [0, 0.05) is 38.9 Å². The molecule has 108 valence electrons. The van der Waals surface area contributed by atoms with Crippen molar-refractivity contribution in [1.82, 2.24) is 14.5 Å². The van der Waals surface area contributed by atoms with Crippen LogP contribution in [0.3, 0.4) is 0 Å². The molecule has 1 aromatic carbocycles. The molecule has 2 aromatic rings. The molecule has 0 fully saturated rings. The first-order chi connectivity index (χ1) is 10.0. The van der Waals surface area contributed by atoms with Crippen molar-refractivity contribution in [2.45, 2.75) is 13.1 Å². The van der Waals surface area contributed by atoms with E-state index in [0.717, 1.165) is 10.1 Å². The predicted octanol–water partition coefficient (Wildman–Crippen LogP) is 0.245. The van der Waals surface area contributed by atoms with Crippen LogP contribution in [0, 0.1) is 11.3 Å². The molecule has 0 spiro atoms. The Morgan fingerprint density at radius 2 is 1.76 bits per heavy atom. The molecule has 0 unspecified atom stereocenters. The summed E-state index contributed by atoms with van der Waals surface area (Å²) in [5.74, 6) is 0. The standard InChI is InChI=1S/C15H16N4O2/c1-18-13(7-14(20)19(2)15(18)21)10-17-9-12-5-3-11(8-16)4-6-12/h3-7,17H,9-10H2,1-2H3. The number of hydrogen-bond donors (Lipinski definition) is 1. The molecule has 0 bridgehead atoms. The van der Waals surface area contributed by atoms with Gasteiger partial charge in [0.15, 0.2) is 0 Å². The molecule has 2 rings (SSSR count). The van der Waals surface area contributed by atoms with Gasteiger partial charge in [-0.2, -0.15) is 5.26 Å². The van der Waals surface area contributed by atoms with Gasteiger partial charge >= 0.3 is 5.69 Å². The molecular formula is C15H16N4O2. The molecule has 0 saturated carbocycles. The Morgan fingerprint density at radius 1 is 1.10 bits per heavy atom. The summed E-state index contributed by atoms with van der Waals surface area (Å²) >= 11 is 0. The predicted molar refractivity (Wildman–Crippen MR) is 78.6 cm³/mol. The molecule has 1 N–H and O–H groups in total.